The third kappa shape index (κ3) is 9.17. The lowest BCUT2D eigenvalue weighted by Crippen LogP contribution is -2.49. The predicted octanol–water partition coefficient (Wildman–Crippen LogP) is 2.61. The third-order valence-electron chi connectivity index (χ3n) is 6.10. The molecule has 0 bridgehead atoms. The highest BCUT2D eigenvalue weighted by atomic mass is 16.5. The first-order chi connectivity index (χ1) is 16.0. The fraction of sp³-hybridized carbons (Fsp3) is 0.708. The van der Waals surface area contributed by atoms with Gasteiger partial charge in [0.2, 0.25) is 0 Å². The van der Waals surface area contributed by atoms with Gasteiger partial charge in [0.25, 0.3) is 0 Å². The lowest BCUT2D eigenvalue weighted by molar-refractivity contribution is -0.139. The largest absolute Gasteiger partial charge is 0.480 e. The molecule has 0 saturated carbocycles. The van der Waals surface area contributed by atoms with Gasteiger partial charge in [-0.1, -0.05) is 6.07 Å². The number of anilines is 1. The molecule has 0 spiro atoms. The maximum absolute atomic E-state index is 12.3. The number of rotatable bonds is 15. The zero-order valence-corrected chi connectivity index (χ0v) is 20.4. The van der Waals surface area contributed by atoms with Crippen LogP contribution in [-0.2, 0) is 22.4 Å². The second-order valence-electron chi connectivity index (χ2n) is 8.43. The van der Waals surface area contributed by atoms with Crippen LogP contribution in [0.5, 0.6) is 0 Å². The Bertz CT molecular complexity index is 742. The number of hydrogen-bond donors (Lipinski definition) is 3. The second kappa shape index (κ2) is 14.7. The summed E-state index contributed by atoms with van der Waals surface area (Å²) in [6, 6.07) is 3.08. The number of aliphatic carboxylic acids is 1. The molecule has 1 aliphatic rings. The first-order valence-electron chi connectivity index (χ1n) is 12.2. The summed E-state index contributed by atoms with van der Waals surface area (Å²) in [5.74, 6) is 0.0289. The van der Waals surface area contributed by atoms with Crippen molar-refractivity contribution in [1.29, 1.82) is 0 Å². The first-order valence-corrected chi connectivity index (χ1v) is 12.2. The summed E-state index contributed by atoms with van der Waals surface area (Å²) in [5.41, 5.74) is 2.41. The van der Waals surface area contributed by atoms with Crippen molar-refractivity contribution in [2.45, 2.75) is 58.4 Å². The van der Waals surface area contributed by atoms with Gasteiger partial charge in [0.15, 0.2) is 0 Å². The average molecular weight is 464 g/mol. The van der Waals surface area contributed by atoms with E-state index < -0.39 is 12.0 Å². The summed E-state index contributed by atoms with van der Waals surface area (Å²) < 4.78 is 5.23. The molecule has 0 aliphatic carbocycles. The van der Waals surface area contributed by atoms with E-state index in [4.69, 9.17) is 9.72 Å². The number of ether oxygens (including phenoxy) is 1. The van der Waals surface area contributed by atoms with Crippen molar-refractivity contribution in [2.75, 3.05) is 58.3 Å². The molecular weight excluding hydrogens is 422 g/mol. The molecule has 1 atom stereocenters. The summed E-state index contributed by atoms with van der Waals surface area (Å²) in [6.45, 7) is 8.58. The number of nitrogens with zero attached hydrogens (tertiary/aromatic N) is 3. The quantitative estimate of drug-likeness (QED) is 0.343. The number of carboxylic acid groups (broad SMARTS) is 1. The van der Waals surface area contributed by atoms with Gasteiger partial charge in [-0.25, -0.2) is 14.6 Å². The van der Waals surface area contributed by atoms with Crippen LogP contribution in [0, 0.1) is 0 Å². The van der Waals surface area contributed by atoms with Crippen LogP contribution >= 0.6 is 0 Å². The van der Waals surface area contributed by atoms with Gasteiger partial charge in [-0.15, -0.1) is 0 Å². The van der Waals surface area contributed by atoms with Gasteiger partial charge in [-0.05, 0) is 70.5 Å². The van der Waals surface area contributed by atoms with E-state index in [1.54, 1.807) is 12.0 Å². The Labute approximate surface area is 197 Å². The van der Waals surface area contributed by atoms with Gasteiger partial charge >= 0.3 is 12.0 Å². The zero-order chi connectivity index (χ0) is 24.1. The van der Waals surface area contributed by atoms with Crippen LogP contribution in [0.25, 0.3) is 0 Å². The lowest BCUT2D eigenvalue weighted by atomic mass is 10.1. The van der Waals surface area contributed by atoms with E-state index >= 15 is 0 Å². The molecule has 1 aliphatic heterocycles. The van der Waals surface area contributed by atoms with Crippen molar-refractivity contribution >= 4 is 17.8 Å². The smallest absolute Gasteiger partial charge is 0.326 e. The summed E-state index contributed by atoms with van der Waals surface area (Å²) in [7, 11) is 1.67. The molecule has 2 amide bonds. The average Bonchev–Trinajstić information content (AvgIpc) is 2.82. The molecule has 2 rings (SSSR count). The number of hydrogen-bond acceptors (Lipinski definition) is 6. The van der Waals surface area contributed by atoms with E-state index in [2.05, 4.69) is 27.7 Å². The Morgan fingerprint density at radius 2 is 2.00 bits per heavy atom. The number of carbonyl (C=O) groups is 2. The van der Waals surface area contributed by atoms with Crippen molar-refractivity contribution < 1.29 is 19.4 Å². The number of pyridine rings is 1. The van der Waals surface area contributed by atoms with Crippen LogP contribution in [0.3, 0.4) is 0 Å². The molecule has 9 heteroatoms. The van der Waals surface area contributed by atoms with Gasteiger partial charge < -0.3 is 30.3 Å². The van der Waals surface area contributed by atoms with Crippen LogP contribution < -0.4 is 10.6 Å². The minimum atomic E-state index is -1.01. The number of fused-ring (bicyclic) bond motifs is 1. The molecule has 9 nitrogen and oxygen atoms in total. The summed E-state index contributed by atoms with van der Waals surface area (Å²) in [4.78, 5) is 32.5. The molecule has 1 aromatic rings. The highest BCUT2D eigenvalue weighted by molar-refractivity contribution is 5.82. The number of aryl methyl sites for hydroxylation is 2. The van der Waals surface area contributed by atoms with E-state index in [-0.39, 0.29) is 6.03 Å². The van der Waals surface area contributed by atoms with Crippen LogP contribution in [0.15, 0.2) is 12.1 Å². The Balaban J connectivity index is 1.81. The number of carboxylic acids is 1. The normalized spacial score (nSPS) is 13.8. The number of carbonyl (C=O) groups excluding carboxylic acids is 1. The summed E-state index contributed by atoms with van der Waals surface area (Å²) >= 11 is 0. The van der Waals surface area contributed by atoms with E-state index in [9.17, 15) is 14.7 Å². The van der Waals surface area contributed by atoms with Crippen LogP contribution in [0.2, 0.25) is 0 Å². The van der Waals surface area contributed by atoms with E-state index in [0.717, 1.165) is 63.3 Å². The van der Waals surface area contributed by atoms with Gasteiger partial charge in [-0.2, -0.15) is 0 Å². The van der Waals surface area contributed by atoms with Gasteiger partial charge in [0.05, 0.1) is 6.61 Å². The minimum Gasteiger partial charge on any atom is -0.480 e. The number of aromatic nitrogens is 1. The molecular formula is C24H41N5O4. The first kappa shape index (κ1) is 26.9. The van der Waals surface area contributed by atoms with Crippen molar-refractivity contribution in [3.63, 3.8) is 0 Å². The number of methoxy groups -OCH3 is 1. The topological polar surface area (TPSA) is 107 Å². The van der Waals surface area contributed by atoms with Crippen molar-refractivity contribution in [3.05, 3.63) is 23.4 Å². The van der Waals surface area contributed by atoms with E-state index in [1.807, 2.05) is 13.8 Å². The maximum atomic E-state index is 12.3. The third-order valence-corrected chi connectivity index (χ3v) is 6.10. The number of urea groups is 1. The standard InChI is InChI=1S/C24H41N5O4/c1-4-29(5-2)24(32)27-21(23(30)31)13-16-28(17-18-33-3)15-7-6-10-20-12-11-19-9-8-14-25-22(19)26-20/h11-12,21H,4-10,13-18H2,1-3H3,(H,25,26)(H,27,32)(H,30,31). The SMILES string of the molecule is CCN(CC)C(=O)NC(CCN(CCCCc1ccc2c(n1)NCCC2)CCOC)C(=O)O. The lowest BCUT2D eigenvalue weighted by Gasteiger charge is -2.26. The Hall–Kier alpha value is -2.39. The van der Waals surface area contributed by atoms with Crippen LogP contribution in [0.1, 0.15) is 50.8 Å². The number of nitrogens with one attached hydrogen (secondary N) is 2. The Morgan fingerprint density at radius 1 is 1.21 bits per heavy atom. The van der Waals surface area contributed by atoms with Crippen LogP contribution in [-0.4, -0.2) is 90.9 Å². The summed E-state index contributed by atoms with van der Waals surface area (Å²) in [5, 5.41) is 15.6. The Kier molecular flexibility index (Phi) is 12.0. The molecule has 3 N–H and O–H groups in total. The van der Waals surface area contributed by atoms with Crippen molar-refractivity contribution in [3.8, 4) is 0 Å². The minimum absolute atomic E-state index is 0.331. The van der Waals surface area contributed by atoms with Crippen molar-refractivity contribution in [2.24, 2.45) is 0 Å². The van der Waals surface area contributed by atoms with Gasteiger partial charge in [0, 0.05) is 45.5 Å². The van der Waals surface area contributed by atoms with Crippen molar-refractivity contribution in [1.82, 2.24) is 20.1 Å². The van der Waals surface area contributed by atoms with E-state index in [1.165, 1.54) is 5.56 Å². The molecule has 0 aromatic carbocycles. The summed E-state index contributed by atoms with van der Waals surface area (Å²) in [6.07, 6.45) is 5.52. The van der Waals surface area contributed by atoms with Crippen LogP contribution in [0.4, 0.5) is 10.6 Å². The highest BCUT2D eigenvalue weighted by Gasteiger charge is 2.23. The number of amides is 2. The molecule has 1 unspecified atom stereocenters. The molecule has 0 fully saturated rings. The highest BCUT2D eigenvalue weighted by Crippen LogP contribution is 2.20. The second-order valence-corrected chi connectivity index (χ2v) is 8.43. The fourth-order valence-corrected chi connectivity index (χ4v) is 4.03. The monoisotopic (exact) mass is 463 g/mol. The predicted molar refractivity (Wildman–Crippen MR) is 130 cm³/mol. The molecule has 0 saturated heterocycles. The van der Waals surface area contributed by atoms with Gasteiger partial charge in [0.1, 0.15) is 11.9 Å². The molecule has 186 valence electrons. The van der Waals surface area contributed by atoms with E-state index in [0.29, 0.717) is 32.7 Å². The molecule has 0 radical (unpaired) electrons. The molecule has 2 heterocycles. The zero-order valence-electron chi connectivity index (χ0n) is 20.4. The number of unbranched alkanes of at least 4 members (excludes halogenated alkanes) is 1. The fourth-order valence-electron chi connectivity index (χ4n) is 4.03. The van der Waals surface area contributed by atoms with Gasteiger partial charge in [-0.3, -0.25) is 0 Å². The molecule has 33 heavy (non-hydrogen) atoms. The molecule has 1 aromatic heterocycles. The Morgan fingerprint density at radius 3 is 2.70 bits per heavy atom. The maximum Gasteiger partial charge on any atom is 0.326 e.